The number of aromatic nitrogens is 2. The van der Waals surface area contributed by atoms with E-state index in [0.717, 1.165) is 12.8 Å². The number of carbonyl (C=O) groups excluding carboxylic acids is 1. The van der Waals surface area contributed by atoms with Crippen molar-refractivity contribution in [3.05, 3.63) is 12.1 Å². The van der Waals surface area contributed by atoms with Gasteiger partial charge in [0.15, 0.2) is 5.13 Å². The van der Waals surface area contributed by atoms with Gasteiger partial charge in [0, 0.05) is 19.1 Å². The van der Waals surface area contributed by atoms with E-state index in [1.165, 1.54) is 11.3 Å². The molecular weight excluding hydrogens is 400 g/mol. The van der Waals surface area contributed by atoms with Crippen LogP contribution in [0.25, 0.3) is 10.3 Å². The van der Waals surface area contributed by atoms with Crippen LogP contribution in [0.5, 0.6) is 5.88 Å². The Hall–Kier alpha value is -1.87. The average Bonchev–Trinajstić information content (AvgIpc) is 3.00. The normalized spacial score (nSPS) is 24.1. The minimum Gasteiger partial charge on any atom is -0.477 e. The van der Waals surface area contributed by atoms with Gasteiger partial charge < -0.3 is 19.2 Å². The number of anilines is 1. The Bertz CT molecular complexity index is 877. The molecule has 0 bridgehead atoms. The number of rotatable bonds is 9. The number of halogens is 2. The van der Waals surface area contributed by atoms with E-state index < -0.39 is 5.92 Å². The van der Waals surface area contributed by atoms with Crippen molar-refractivity contribution in [2.24, 2.45) is 11.8 Å². The van der Waals surface area contributed by atoms with Crippen molar-refractivity contribution >= 4 is 32.6 Å². The van der Waals surface area contributed by atoms with E-state index in [-0.39, 0.29) is 30.9 Å². The number of hydrogen-bond acceptors (Lipinski definition) is 7. The van der Waals surface area contributed by atoms with Gasteiger partial charge in [-0.3, -0.25) is 0 Å². The zero-order chi connectivity index (χ0) is 20.6. The summed E-state index contributed by atoms with van der Waals surface area (Å²) in [6.07, 6.45) is 2.70. The van der Waals surface area contributed by atoms with E-state index in [4.69, 9.17) is 9.47 Å². The maximum absolute atomic E-state index is 13.1. The van der Waals surface area contributed by atoms with E-state index in [9.17, 15) is 13.6 Å². The molecule has 0 radical (unpaired) electrons. The molecule has 1 saturated carbocycles. The summed E-state index contributed by atoms with van der Waals surface area (Å²) in [4.78, 5) is 22.2. The molecule has 6 nitrogen and oxygen atoms in total. The first kappa shape index (κ1) is 20.4. The second-order valence-electron chi connectivity index (χ2n) is 8.30. The van der Waals surface area contributed by atoms with Gasteiger partial charge in [-0.1, -0.05) is 18.3 Å². The number of thiazole rings is 1. The Labute approximate surface area is 172 Å². The largest absolute Gasteiger partial charge is 0.477 e. The van der Waals surface area contributed by atoms with Crippen LogP contribution in [0.1, 0.15) is 33.1 Å². The lowest BCUT2D eigenvalue weighted by Crippen LogP contribution is -2.56. The molecule has 0 aromatic carbocycles. The van der Waals surface area contributed by atoms with Crippen molar-refractivity contribution in [2.75, 3.05) is 31.2 Å². The molecule has 158 valence electrons. The number of pyridine rings is 1. The molecular formula is C20H25F2N3O3S. The summed E-state index contributed by atoms with van der Waals surface area (Å²) >= 11 is 1.31. The standard InChI is InChI=1S/C20H25F2N3O3S/c1-12(5-13(2)26)8-27-15-6-14(7-15)9-28-17-4-3-16-18(24-17)29-19(23-16)25-10-20(21,22)11-25/h3-4,12,14-15H,5-11H2,1-2H3/t12-,14?,15?/m1/s1. The zero-order valence-corrected chi connectivity index (χ0v) is 17.4. The summed E-state index contributed by atoms with van der Waals surface area (Å²) in [6.45, 7) is 4.26. The van der Waals surface area contributed by atoms with E-state index in [2.05, 4.69) is 9.97 Å². The predicted molar refractivity (Wildman–Crippen MR) is 107 cm³/mol. The SMILES string of the molecule is CC(=O)C[C@@H](C)COC1CC(COc2ccc3nc(N4CC(F)(F)C4)sc3n2)C1. The molecule has 2 aromatic rings. The van der Waals surface area contributed by atoms with Gasteiger partial charge in [0.1, 0.15) is 16.1 Å². The third-order valence-corrected chi connectivity index (χ3v) is 6.27. The summed E-state index contributed by atoms with van der Waals surface area (Å²) in [5.74, 6) is -1.20. The second kappa shape index (κ2) is 8.10. The first-order chi connectivity index (χ1) is 13.8. The summed E-state index contributed by atoms with van der Waals surface area (Å²) in [5, 5.41) is 0.577. The van der Waals surface area contributed by atoms with Crippen LogP contribution in [0.4, 0.5) is 13.9 Å². The Morgan fingerprint density at radius 2 is 2.10 bits per heavy atom. The van der Waals surface area contributed by atoms with Crippen molar-refractivity contribution < 1.29 is 23.0 Å². The zero-order valence-electron chi connectivity index (χ0n) is 16.6. The first-order valence-electron chi connectivity index (χ1n) is 9.91. The fraction of sp³-hybridized carbons (Fsp3) is 0.650. The Balaban J connectivity index is 1.21. The average molecular weight is 426 g/mol. The minimum absolute atomic E-state index is 0.196. The number of ether oxygens (including phenoxy) is 2. The van der Waals surface area contributed by atoms with Gasteiger partial charge >= 0.3 is 0 Å². The fourth-order valence-electron chi connectivity index (χ4n) is 3.65. The van der Waals surface area contributed by atoms with E-state index >= 15 is 0 Å². The van der Waals surface area contributed by atoms with Crippen molar-refractivity contribution in [3.63, 3.8) is 0 Å². The van der Waals surface area contributed by atoms with E-state index in [1.807, 2.05) is 13.0 Å². The topological polar surface area (TPSA) is 64.6 Å². The molecule has 29 heavy (non-hydrogen) atoms. The van der Waals surface area contributed by atoms with Gasteiger partial charge in [0.05, 0.1) is 25.8 Å². The molecule has 0 spiro atoms. The van der Waals surface area contributed by atoms with Gasteiger partial charge in [0.25, 0.3) is 5.92 Å². The molecule has 1 atom stereocenters. The monoisotopic (exact) mass is 425 g/mol. The summed E-state index contributed by atoms with van der Waals surface area (Å²) in [7, 11) is 0. The number of hydrogen-bond donors (Lipinski definition) is 0. The molecule has 2 fully saturated rings. The van der Waals surface area contributed by atoms with Crippen LogP contribution in [0.3, 0.4) is 0 Å². The number of nitrogens with zero attached hydrogens (tertiary/aromatic N) is 3. The number of ketones is 1. The third-order valence-electron chi connectivity index (χ3n) is 5.25. The van der Waals surface area contributed by atoms with Crippen LogP contribution in [-0.4, -0.2) is 54.1 Å². The molecule has 9 heteroatoms. The molecule has 0 unspecified atom stereocenters. The second-order valence-corrected chi connectivity index (χ2v) is 9.25. The molecule has 1 aliphatic carbocycles. The van der Waals surface area contributed by atoms with E-state index in [1.54, 1.807) is 17.9 Å². The highest BCUT2D eigenvalue weighted by molar-refractivity contribution is 7.21. The van der Waals surface area contributed by atoms with Gasteiger partial charge in [0.2, 0.25) is 5.88 Å². The number of Topliss-reactive ketones (excluding diaryl/α,β-unsaturated/α-hetero) is 1. The molecule has 1 saturated heterocycles. The molecule has 0 N–H and O–H groups in total. The maximum atomic E-state index is 13.1. The summed E-state index contributed by atoms with van der Waals surface area (Å²) < 4.78 is 37.8. The Kier molecular flexibility index (Phi) is 5.70. The first-order valence-corrected chi connectivity index (χ1v) is 10.7. The summed E-state index contributed by atoms with van der Waals surface area (Å²) in [6, 6.07) is 3.59. The van der Waals surface area contributed by atoms with Gasteiger partial charge in [-0.25, -0.2) is 18.7 Å². The highest BCUT2D eigenvalue weighted by Gasteiger charge is 2.45. The molecule has 2 aliphatic rings. The van der Waals surface area contributed by atoms with Gasteiger partial charge in [-0.2, -0.15) is 0 Å². The highest BCUT2D eigenvalue weighted by Crippen LogP contribution is 2.37. The summed E-state index contributed by atoms with van der Waals surface area (Å²) in [5.41, 5.74) is 0.698. The molecule has 2 aromatic heterocycles. The number of alkyl halides is 2. The lowest BCUT2D eigenvalue weighted by molar-refractivity contribution is -0.119. The number of carbonyl (C=O) groups is 1. The molecule has 0 amide bonds. The van der Waals surface area contributed by atoms with Crippen LogP contribution in [0, 0.1) is 11.8 Å². The number of fused-ring (bicyclic) bond motifs is 1. The van der Waals surface area contributed by atoms with Crippen LogP contribution >= 0.6 is 11.3 Å². The van der Waals surface area contributed by atoms with Crippen molar-refractivity contribution in [2.45, 2.75) is 45.1 Å². The third kappa shape index (κ3) is 5.01. The smallest absolute Gasteiger partial charge is 0.282 e. The van der Waals surface area contributed by atoms with Crippen LogP contribution in [-0.2, 0) is 9.53 Å². The molecule has 3 heterocycles. The lowest BCUT2D eigenvalue weighted by Gasteiger charge is -2.38. The van der Waals surface area contributed by atoms with Gasteiger partial charge in [-0.05, 0) is 37.7 Å². The molecule has 4 rings (SSSR count). The minimum atomic E-state index is -2.62. The van der Waals surface area contributed by atoms with Crippen molar-refractivity contribution in [1.29, 1.82) is 0 Å². The van der Waals surface area contributed by atoms with Gasteiger partial charge in [-0.15, -0.1) is 0 Å². The Morgan fingerprint density at radius 3 is 2.79 bits per heavy atom. The van der Waals surface area contributed by atoms with Crippen LogP contribution in [0.2, 0.25) is 0 Å². The Morgan fingerprint density at radius 1 is 1.34 bits per heavy atom. The van der Waals surface area contributed by atoms with E-state index in [0.29, 0.717) is 46.9 Å². The highest BCUT2D eigenvalue weighted by atomic mass is 32.1. The predicted octanol–water partition coefficient (Wildman–Crippen LogP) is 3.94. The van der Waals surface area contributed by atoms with Crippen molar-refractivity contribution in [3.8, 4) is 5.88 Å². The molecule has 1 aliphatic heterocycles. The maximum Gasteiger partial charge on any atom is 0.282 e. The van der Waals surface area contributed by atoms with Crippen molar-refractivity contribution in [1.82, 2.24) is 9.97 Å². The lowest BCUT2D eigenvalue weighted by atomic mass is 9.83. The fourth-order valence-corrected chi connectivity index (χ4v) is 4.58. The quantitative estimate of drug-likeness (QED) is 0.607. The van der Waals surface area contributed by atoms with Crippen LogP contribution < -0.4 is 9.64 Å². The van der Waals surface area contributed by atoms with Crippen LogP contribution in [0.15, 0.2) is 12.1 Å².